The van der Waals surface area contributed by atoms with Crippen LogP contribution in [0.1, 0.15) is 25.5 Å². The average molecular weight is 288 g/mol. The highest BCUT2D eigenvalue weighted by molar-refractivity contribution is 5.65. The fourth-order valence-electron chi connectivity index (χ4n) is 2.34. The molecule has 1 aromatic heterocycles. The van der Waals surface area contributed by atoms with E-state index in [4.69, 9.17) is 5.73 Å². The molecule has 0 aromatic carbocycles. The van der Waals surface area contributed by atoms with Crippen molar-refractivity contribution < 1.29 is 13.2 Å². The van der Waals surface area contributed by atoms with Crippen molar-refractivity contribution in [3.8, 4) is 0 Å². The number of pyridine rings is 1. The summed E-state index contributed by atoms with van der Waals surface area (Å²) in [6.45, 7) is 4.71. The lowest BCUT2D eigenvalue weighted by atomic mass is 10.2. The molecule has 1 unspecified atom stereocenters. The second-order valence-corrected chi connectivity index (χ2v) is 5.13. The Bertz CT molecular complexity index is 455. The summed E-state index contributed by atoms with van der Waals surface area (Å²) >= 11 is 0. The highest BCUT2D eigenvalue weighted by Gasteiger charge is 2.33. The molecule has 3 N–H and O–H groups in total. The molecule has 0 bridgehead atoms. The van der Waals surface area contributed by atoms with Crippen molar-refractivity contribution in [3.63, 3.8) is 0 Å². The third kappa shape index (κ3) is 3.53. The number of alkyl halides is 3. The van der Waals surface area contributed by atoms with Crippen molar-refractivity contribution in [1.82, 2.24) is 9.88 Å². The first-order chi connectivity index (χ1) is 9.38. The van der Waals surface area contributed by atoms with Gasteiger partial charge in [-0.25, -0.2) is 4.98 Å². The molecule has 2 rings (SSSR count). The van der Waals surface area contributed by atoms with Gasteiger partial charge in [0.2, 0.25) is 0 Å². The van der Waals surface area contributed by atoms with E-state index < -0.39 is 11.9 Å². The van der Waals surface area contributed by atoms with Crippen LogP contribution in [0.3, 0.4) is 0 Å². The van der Waals surface area contributed by atoms with Gasteiger partial charge in [0, 0.05) is 12.6 Å². The molecule has 1 saturated heterocycles. The number of halogens is 3. The number of nitrogens with one attached hydrogen (secondary N) is 1. The molecule has 20 heavy (non-hydrogen) atoms. The summed E-state index contributed by atoms with van der Waals surface area (Å²) in [5, 5.41) is 3.00. The first kappa shape index (κ1) is 14.9. The lowest BCUT2D eigenvalue weighted by molar-refractivity contribution is -0.141. The van der Waals surface area contributed by atoms with E-state index in [-0.39, 0.29) is 11.7 Å². The number of hydrogen-bond donors (Lipinski definition) is 2. The number of aromatic nitrogens is 1. The highest BCUT2D eigenvalue weighted by Crippen LogP contribution is 2.31. The lowest BCUT2D eigenvalue weighted by Gasteiger charge is -2.24. The maximum Gasteiger partial charge on any atom is 0.433 e. The van der Waals surface area contributed by atoms with Gasteiger partial charge in [0.05, 0.1) is 17.6 Å². The molecular formula is C13H19F3N4. The Kier molecular flexibility index (Phi) is 4.37. The van der Waals surface area contributed by atoms with E-state index in [9.17, 15) is 13.2 Å². The van der Waals surface area contributed by atoms with Crippen LogP contribution in [0, 0.1) is 0 Å². The molecule has 0 amide bonds. The van der Waals surface area contributed by atoms with Gasteiger partial charge < -0.3 is 11.1 Å². The van der Waals surface area contributed by atoms with Gasteiger partial charge in [0.1, 0.15) is 5.69 Å². The minimum atomic E-state index is -4.45. The number of nitrogens with two attached hydrogens (primary N) is 1. The second-order valence-electron chi connectivity index (χ2n) is 5.13. The molecule has 0 saturated carbocycles. The first-order valence-corrected chi connectivity index (χ1v) is 6.68. The number of rotatable bonds is 4. The zero-order valence-electron chi connectivity index (χ0n) is 11.4. The Morgan fingerprint density at radius 1 is 1.40 bits per heavy atom. The Hall–Kier alpha value is -1.50. The molecule has 1 aliphatic rings. The molecule has 112 valence electrons. The van der Waals surface area contributed by atoms with Crippen LogP contribution in [-0.2, 0) is 6.18 Å². The average Bonchev–Trinajstić information content (AvgIpc) is 2.90. The van der Waals surface area contributed by atoms with Crippen molar-refractivity contribution >= 4 is 11.4 Å². The molecule has 4 nitrogen and oxygen atoms in total. The van der Waals surface area contributed by atoms with E-state index in [0.29, 0.717) is 12.2 Å². The van der Waals surface area contributed by atoms with Crippen LogP contribution in [-0.4, -0.2) is 35.6 Å². The van der Waals surface area contributed by atoms with Crippen LogP contribution in [0.15, 0.2) is 12.3 Å². The summed E-state index contributed by atoms with van der Waals surface area (Å²) < 4.78 is 37.8. The second kappa shape index (κ2) is 5.87. The van der Waals surface area contributed by atoms with E-state index in [0.717, 1.165) is 25.4 Å². The number of anilines is 2. The topological polar surface area (TPSA) is 54.2 Å². The molecule has 1 atom stereocenters. The standard InChI is InChI=1S/C13H19F3N4/c1-9(20-4-2-3-5-20)7-18-11-6-12(13(14,15)16)19-8-10(11)17/h6,8-9H,2-5,7,17H2,1H3,(H,18,19). The summed E-state index contributed by atoms with van der Waals surface area (Å²) in [4.78, 5) is 5.63. The maximum atomic E-state index is 12.6. The summed E-state index contributed by atoms with van der Waals surface area (Å²) in [6.07, 6.45) is -1.05. The van der Waals surface area contributed by atoms with Crippen LogP contribution in [0.2, 0.25) is 0 Å². The van der Waals surface area contributed by atoms with Gasteiger partial charge in [0.25, 0.3) is 0 Å². The van der Waals surface area contributed by atoms with Gasteiger partial charge in [-0.2, -0.15) is 13.2 Å². The zero-order chi connectivity index (χ0) is 14.8. The first-order valence-electron chi connectivity index (χ1n) is 6.68. The Morgan fingerprint density at radius 2 is 2.05 bits per heavy atom. The van der Waals surface area contributed by atoms with E-state index >= 15 is 0 Å². The van der Waals surface area contributed by atoms with Crippen molar-refractivity contribution in [2.75, 3.05) is 30.7 Å². The summed E-state index contributed by atoms with van der Waals surface area (Å²) in [6, 6.07) is 1.23. The smallest absolute Gasteiger partial charge is 0.396 e. The van der Waals surface area contributed by atoms with Crippen molar-refractivity contribution in [3.05, 3.63) is 18.0 Å². The van der Waals surface area contributed by atoms with Gasteiger partial charge in [-0.1, -0.05) is 0 Å². The van der Waals surface area contributed by atoms with Crippen LogP contribution >= 0.6 is 0 Å². The normalized spacial score (nSPS) is 18.2. The minimum Gasteiger partial charge on any atom is -0.396 e. The van der Waals surface area contributed by atoms with Crippen LogP contribution in [0.4, 0.5) is 24.5 Å². The number of nitrogens with zero attached hydrogens (tertiary/aromatic N) is 2. The molecule has 0 radical (unpaired) electrons. The lowest BCUT2D eigenvalue weighted by Crippen LogP contribution is -2.35. The van der Waals surface area contributed by atoms with E-state index in [1.165, 1.54) is 12.8 Å². The van der Waals surface area contributed by atoms with Crippen molar-refractivity contribution in [1.29, 1.82) is 0 Å². The molecule has 0 spiro atoms. The van der Waals surface area contributed by atoms with Gasteiger partial charge in [-0.15, -0.1) is 0 Å². The Morgan fingerprint density at radius 3 is 2.65 bits per heavy atom. The van der Waals surface area contributed by atoms with Crippen molar-refractivity contribution in [2.45, 2.75) is 32.0 Å². The molecule has 1 fully saturated rings. The summed E-state index contributed by atoms with van der Waals surface area (Å²) in [7, 11) is 0. The van der Waals surface area contributed by atoms with Gasteiger partial charge >= 0.3 is 6.18 Å². The Labute approximate surface area is 116 Å². The molecule has 1 aromatic rings. The number of hydrogen-bond acceptors (Lipinski definition) is 4. The van der Waals surface area contributed by atoms with Crippen LogP contribution < -0.4 is 11.1 Å². The maximum absolute atomic E-state index is 12.6. The largest absolute Gasteiger partial charge is 0.433 e. The molecule has 2 heterocycles. The van der Waals surface area contributed by atoms with Gasteiger partial charge in [0.15, 0.2) is 0 Å². The summed E-state index contributed by atoms with van der Waals surface area (Å²) in [5.74, 6) is 0. The third-order valence-electron chi connectivity index (χ3n) is 3.58. The zero-order valence-corrected chi connectivity index (χ0v) is 11.4. The fraction of sp³-hybridized carbons (Fsp3) is 0.615. The van der Waals surface area contributed by atoms with Crippen molar-refractivity contribution in [2.24, 2.45) is 0 Å². The van der Waals surface area contributed by atoms with E-state index in [1.807, 2.05) is 0 Å². The van der Waals surface area contributed by atoms with Gasteiger partial charge in [-0.05, 0) is 38.9 Å². The predicted molar refractivity (Wildman–Crippen MR) is 72.4 cm³/mol. The Balaban J connectivity index is 2.01. The van der Waals surface area contributed by atoms with Crippen LogP contribution in [0.25, 0.3) is 0 Å². The molecule has 7 heteroatoms. The number of likely N-dealkylation sites (tertiary alicyclic amines) is 1. The number of nitrogen functional groups attached to an aromatic ring is 1. The minimum absolute atomic E-state index is 0.228. The molecule has 0 aliphatic carbocycles. The van der Waals surface area contributed by atoms with Crippen LogP contribution in [0.5, 0.6) is 0 Å². The monoisotopic (exact) mass is 288 g/mol. The SMILES string of the molecule is CC(CNc1cc(C(F)(F)F)ncc1N)N1CCCC1. The predicted octanol–water partition coefficient (Wildman–Crippen LogP) is 2.58. The third-order valence-corrected chi connectivity index (χ3v) is 3.58. The van der Waals surface area contributed by atoms with E-state index in [2.05, 4.69) is 22.1 Å². The van der Waals surface area contributed by atoms with Gasteiger partial charge in [-0.3, -0.25) is 4.90 Å². The van der Waals surface area contributed by atoms with E-state index in [1.54, 1.807) is 0 Å². The fourth-order valence-corrected chi connectivity index (χ4v) is 2.34. The molecular weight excluding hydrogens is 269 g/mol. The molecule has 1 aliphatic heterocycles. The summed E-state index contributed by atoms with van der Waals surface area (Å²) in [5.41, 5.74) is 5.26. The quantitative estimate of drug-likeness (QED) is 0.894. The highest BCUT2D eigenvalue weighted by atomic mass is 19.4.